The van der Waals surface area contributed by atoms with Crippen LogP contribution in [-0.4, -0.2) is 10.4 Å². The Bertz CT molecular complexity index is 740. The van der Waals surface area contributed by atoms with Crippen molar-refractivity contribution in [1.82, 2.24) is 4.57 Å². The largest absolute Gasteiger partial charge is 0.347 e. The van der Waals surface area contributed by atoms with Crippen LogP contribution < -0.4 is 0 Å². The van der Waals surface area contributed by atoms with Gasteiger partial charge in [0.1, 0.15) is 0 Å². The van der Waals surface area contributed by atoms with Crippen LogP contribution in [0.2, 0.25) is 0 Å². The van der Waals surface area contributed by atoms with Crippen molar-refractivity contribution in [1.29, 1.82) is 0 Å². The van der Waals surface area contributed by atoms with Crippen molar-refractivity contribution in [3.8, 4) is 0 Å². The molecule has 0 spiro atoms. The molecule has 0 saturated heterocycles. The summed E-state index contributed by atoms with van der Waals surface area (Å²) in [5.74, 6) is 0.195. The molecule has 0 aliphatic rings. The Balaban J connectivity index is 1.77. The Morgan fingerprint density at radius 2 is 1.85 bits per heavy atom. The third-order valence-electron chi connectivity index (χ3n) is 3.60. The quantitative estimate of drug-likeness (QED) is 0.646. The summed E-state index contributed by atoms with van der Waals surface area (Å²) >= 11 is 0. The molecule has 0 radical (unpaired) electrons. The minimum absolute atomic E-state index is 0.195. The number of aryl methyl sites for hydroxylation is 2. The summed E-state index contributed by atoms with van der Waals surface area (Å²) in [4.78, 5) is 12.1. The molecule has 2 aromatic carbocycles. The van der Waals surface area contributed by atoms with Gasteiger partial charge in [0.05, 0.1) is 0 Å². The standard InChI is InChI=1S/C18H17NO/c1-14-7-8-15-9-11-19(17(15)13-14)12-10-18(20)16-5-3-2-4-6-16/h2-9,11,13H,10,12H2,1H3. The predicted molar refractivity (Wildman–Crippen MR) is 82.1 cm³/mol. The molecule has 0 atom stereocenters. The average molecular weight is 263 g/mol. The predicted octanol–water partition coefficient (Wildman–Crippen LogP) is 4.22. The van der Waals surface area contributed by atoms with Crippen LogP contribution >= 0.6 is 0 Å². The highest BCUT2D eigenvalue weighted by Gasteiger charge is 2.07. The summed E-state index contributed by atoms with van der Waals surface area (Å²) in [5.41, 5.74) is 3.23. The number of carbonyl (C=O) groups excluding carboxylic acids is 1. The number of hydrogen-bond acceptors (Lipinski definition) is 1. The first kappa shape index (κ1) is 12.7. The second-order valence-electron chi connectivity index (χ2n) is 5.11. The lowest BCUT2D eigenvalue weighted by Gasteiger charge is -2.06. The van der Waals surface area contributed by atoms with E-state index in [1.54, 1.807) is 0 Å². The Morgan fingerprint density at radius 1 is 1.05 bits per heavy atom. The van der Waals surface area contributed by atoms with E-state index in [0.29, 0.717) is 6.42 Å². The summed E-state index contributed by atoms with van der Waals surface area (Å²) in [5, 5.41) is 1.22. The molecule has 0 aliphatic heterocycles. The van der Waals surface area contributed by atoms with Crippen molar-refractivity contribution in [3.63, 3.8) is 0 Å². The van der Waals surface area contributed by atoms with Crippen LogP contribution in [0.15, 0.2) is 60.8 Å². The lowest BCUT2D eigenvalue weighted by Crippen LogP contribution is -2.05. The number of aromatic nitrogens is 1. The summed E-state index contributed by atoms with van der Waals surface area (Å²) in [6, 6.07) is 18.0. The van der Waals surface area contributed by atoms with Crippen molar-refractivity contribution in [3.05, 3.63) is 71.9 Å². The van der Waals surface area contributed by atoms with Crippen molar-refractivity contribution < 1.29 is 4.79 Å². The molecular weight excluding hydrogens is 246 g/mol. The van der Waals surface area contributed by atoms with Gasteiger partial charge in [-0.3, -0.25) is 4.79 Å². The average Bonchev–Trinajstić information content (AvgIpc) is 2.88. The lowest BCUT2D eigenvalue weighted by atomic mass is 10.1. The van der Waals surface area contributed by atoms with Crippen molar-refractivity contribution >= 4 is 16.7 Å². The first-order valence-electron chi connectivity index (χ1n) is 6.88. The fourth-order valence-corrected chi connectivity index (χ4v) is 2.48. The number of nitrogens with zero attached hydrogens (tertiary/aromatic N) is 1. The highest BCUT2D eigenvalue weighted by molar-refractivity contribution is 5.96. The van der Waals surface area contributed by atoms with Crippen LogP contribution in [0.3, 0.4) is 0 Å². The van der Waals surface area contributed by atoms with E-state index < -0.39 is 0 Å². The van der Waals surface area contributed by atoms with Crippen LogP contribution in [0.25, 0.3) is 10.9 Å². The molecule has 2 nitrogen and oxygen atoms in total. The van der Waals surface area contributed by atoms with Crippen LogP contribution in [0.1, 0.15) is 22.3 Å². The van der Waals surface area contributed by atoms with E-state index in [0.717, 1.165) is 12.1 Å². The van der Waals surface area contributed by atoms with E-state index in [1.165, 1.54) is 16.5 Å². The Kier molecular flexibility index (Phi) is 3.38. The van der Waals surface area contributed by atoms with E-state index in [-0.39, 0.29) is 5.78 Å². The molecule has 0 aliphatic carbocycles. The highest BCUT2D eigenvalue weighted by Crippen LogP contribution is 2.18. The van der Waals surface area contributed by atoms with E-state index >= 15 is 0 Å². The fourth-order valence-electron chi connectivity index (χ4n) is 2.48. The zero-order valence-electron chi connectivity index (χ0n) is 11.5. The monoisotopic (exact) mass is 263 g/mol. The molecule has 0 unspecified atom stereocenters. The minimum atomic E-state index is 0.195. The van der Waals surface area contributed by atoms with Crippen molar-refractivity contribution in [2.45, 2.75) is 19.9 Å². The summed E-state index contributed by atoms with van der Waals surface area (Å²) in [6.07, 6.45) is 2.59. The molecule has 2 heteroatoms. The Hall–Kier alpha value is -2.35. The van der Waals surface area contributed by atoms with E-state index in [1.807, 2.05) is 30.3 Å². The third kappa shape index (κ3) is 2.50. The van der Waals surface area contributed by atoms with Crippen molar-refractivity contribution in [2.75, 3.05) is 0 Å². The molecule has 0 N–H and O–H groups in total. The van der Waals surface area contributed by atoms with Gasteiger partial charge in [-0.25, -0.2) is 0 Å². The second kappa shape index (κ2) is 5.33. The van der Waals surface area contributed by atoms with Crippen LogP contribution in [0.5, 0.6) is 0 Å². The van der Waals surface area contributed by atoms with Gasteiger partial charge in [0.15, 0.2) is 5.78 Å². The number of hydrogen-bond donors (Lipinski definition) is 0. The van der Waals surface area contributed by atoms with Gasteiger partial charge in [-0.1, -0.05) is 42.5 Å². The maximum atomic E-state index is 12.1. The SMILES string of the molecule is Cc1ccc2ccn(CCC(=O)c3ccccc3)c2c1. The van der Waals surface area contributed by atoms with Gasteiger partial charge in [-0.05, 0) is 30.0 Å². The van der Waals surface area contributed by atoms with Gasteiger partial charge in [0.2, 0.25) is 0 Å². The molecule has 1 aromatic heterocycles. The Labute approximate surface area is 118 Å². The van der Waals surface area contributed by atoms with Gasteiger partial charge in [0.25, 0.3) is 0 Å². The number of Topliss-reactive ketones (excluding diaryl/α,β-unsaturated/α-hetero) is 1. The second-order valence-corrected chi connectivity index (χ2v) is 5.11. The molecule has 1 heterocycles. The number of carbonyl (C=O) groups is 1. The number of ketones is 1. The molecule has 0 saturated carbocycles. The molecule has 20 heavy (non-hydrogen) atoms. The van der Waals surface area contributed by atoms with Crippen LogP contribution in [0.4, 0.5) is 0 Å². The van der Waals surface area contributed by atoms with Crippen LogP contribution in [-0.2, 0) is 6.54 Å². The zero-order valence-corrected chi connectivity index (χ0v) is 11.5. The topological polar surface area (TPSA) is 22.0 Å². The smallest absolute Gasteiger partial charge is 0.164 e. The highest BCUT2D eigenvalue weighted by atomic mass is 16.1. The molecule has 3 aromatic rings. The lowest BCUT2D eigenvalue weighted by molar-refractivity contribution is 0.0977. The Morgan fingerprint density at radius 3 is 2.65 bits per heavy atom. The summed E-state index contributed by atoms with van der Waals surface area (Å²) in [7, 11) is 0. The number of fused-ring (bicyclic) bond motifs is 1. The maximum Gasteiger partial charge on any atom is 0.164 e. The molecule has 0 fully saturated rings. The molecule has 0 amide bonds. The van der Waals surface area contributed by atoms with E-state index in [2.05, 4.69) is 42.0 Å². The normalized spacial score (nSPS) is 10.8. The molecule has 100 valence electrons. The summed E-state index contributed by atoms with van der Waals surface area (Å²) in [6.45, 7) is 2.81. The third-order valence-corrected chi connectivity index (χ3v) is 3.60. The van der Waals surface area contributed by atoms with Crippen molar-refractivity contribution in [2.24, 2.45) is 0 Å². The van der Waals surface area contributed by atoms with Gasteiger partial charge >= 0.3 is 0 Å². The van der Waals surface area contributed by atoms with Gasteiger partial charge in [0, 0.05) is 30.2 Å². The van der Waals surface area contributed by atoms with E-state index in [4.69, 9.17) is 0 Å². The fraction of sp³-hybridized carbons (Fsp3) is 0.167. The first-order valence-corrected chi connectivity index (χ1v) is 6.88. The summed E-state index contributed by atoms with van der Waals surface area (Å²) < 4.78 is 2.16. The molecular formula is C18H17NO. The maximum absolute atomic E-state index is 12.1. The molecule has 3 rings (SSSR count). The first-order chi connectivity index (χ1) is 9.74. The van der Waals surface area contributed by atoms with Crippen LogP contribution in [0, 0.1) is 6.92 Å². The van der Waals surface area contributed by atoms with E-state index in [9.17, 15) is 4.79 Å². The number of benzene rings is 2. The van der Waals surface area contributed by atoms with Gasteiger partial charge < -0.3 is 4.57 Å². The van der Waals surface area contributed by atoms with Gasteiger partial charge in [-0.2, -0.15) is 0 Å². The minimum Gasteiger partial charge on any atom is -0.347 e. The zero-order chi connectivity index (χ0) is 13.9. The number of rotatable bonds is 4. The van der Waals surface area contributed by atoms with Gasteiger partial charge in [-0.15, -0.1) is 0 Å². The molecule has 0 bridgehead atoms.